The highest BCUT2D eigenvalue weighted by molar-refractivity contribution is 6.30. The summed E-state index contributed by atoms with van der Waals surface area (Å²) in [4.78, 5) is 0. The summed E-state index contributed by atoms with van der Waals surface area (Å²) in [6, 6.07) is 21.4. The Morgan fingerprint density at radius 1 is 0.875 bits per heavy atom. The fourth-order valence-corrected chi connectivity index (χ4v) is 1.16. The van der Waals surface area contributed by atoms with Crippen molar-refractivity contribution in [1.29, 1.82) is 0 Å². The molecule has 0 saturated carbocycles. The van der Waals surface area contributed by atoms with Crippen LogP contribution < -0.4 is 5.32 Å². The SMILES string of the molecule is C#CNc1ccccc1.Clc1ccccc1. The molecule has 1 N–H and O–H groups in total. The predicted molar refractivity (Wildman–Crippen MR) is 70.3 cm³/mol. The quantitative estimate of drug-likeness (QED) is 0.575. The van der Waals surface area contributed by atoms with Crippen LogP contribution in [0.4, 0.5) is 5.69 Å². The monoisotopic (exact) mass is 229 g/mol. The summed E-state index contributed by atoms with van der Waals surface area (Å²) in [5.41, 5.74) is 0.958. The zero-order valence-corrected chi connectivity index (χ0v) is 9.48. The lowest BCUT2D eigenvalue weighted by Crippen LogP contribution is -1.83. The summed E-state index contributed by atoms with van der Waals surface area (Å²) in [5.74, 6) is 0. The Hall–Kier alpha value is -1.91. The Balaban J connectivity index is 0.000000165. The van der Waals surface area contributed by atoms with Crippen molar-refractivity contribution < 1.29 is 0 Å². The Bertz CT molecular complexity index is 431. The molecule has 80 valence electrons. The van der Waals surface area contributed by atoms with Crippen LogP contribution in [0.5, 0.6) is 0 Å². The molecule has 1 nitrogen and oxygen atoms in total. The predicted octanol–water partition coefficient (Wildman–Crippen LogP) is 4.03. The molecule has 0 unspecified atom stereocenters. The normalized spacial score (nSPS) is 8.25. The van der Waals surface area contributed by atoms with Crippen LogP contribution in [0.2, 0.25) is 5.02 Å². The lowest BCUT2D eigenvalue weighted by Gasteiger charge is -1.93. The highest BCUT2D eigenvalue weighted by atomic mass is 35.5. The van der Waals surface area contributed by atoms with Crippen molar-refractivity contribution in [3.8, 4) is 12.5 Å². The molecule has 0 saturated heterocycles. The van der Waals surface area contributed by atoms with Gasteiger partial charge in [0.15, 0.2) is 0 Å². The number of para-hydroxylation sites is 1. The molecular formula is C14H12ClN. The molecule has 0 aliphatic rings. The van der Waals surface area contributed by atoms with Gasteiger partial charge in [0.1, 0.15) is 0 Å². The molecular weight excluding hydrogens is 218 g/mol. The van der Waals surface area contributed by atoms with E-state index in [0.29, 0.717) is 0 Å². The molecule has 0 fully saturated rings. The zero-order chi connectivity index (χ0) is 11.6. The Morgan fingerprint density at radius 3 is 1.75 bits per heavy atom. The third-order valence-corrected chi connectivity index (χ3v) is 1.98. The average Bonchev–Trinajstić information content (AvgIpc) is 2.33. The van der Waals surface area contributed by atoms with Crippen molar-refractivity contribution in [1.82, 2.24) is 0 Å². The van der Waals surface area contributed by atoms with E-state index in [4.69, 9.17) is 18.0 Å². The second kappa shape index (κ2) is 7.39. The van der Waals surface area contributed by atoms with Crippen molar-refractivity contribution in [2.45, 2.75) is 0 Å². The molecule has 0 aliphatic carbocycles. The highest BCUT2D eigenvalue weighted by Crippen LogP contribution is 2.03. The minimum Gasteiger partial charge on any atom is -0.315 e. The van der Waals surface area contributed by atoms with Crippen LogP contribution in [0.3, 0.4) is 0 Å². The summed E-state index contributed by atoms with van der Waals surface area (Å²) in [6.45, 7) is 0. The minimum atomic E-state index is 0.794. The summed E-state index contributed by atoms with van der Waals surface area (Å²) >= 11 is 5.54. The molecule has 2 heteroatoms. The smallest absolute Gasteiger partial charge is 0.0459 e. The number of anilines is 1. The van der Waals surface area contributed by atoms with Gasteiger partial charge >= 0.3 is 0 Å². The first-order valence-corrected chi connectivity index (χ1v) is 5.18. The molecule has 0 radical (unpaired) electrons. The van der Waals surface area contributed by atoms with Gasteiger partial charge in [-0.3, -0.25) is 0 Å². The van der Waals surface area contributed by atoms with Crippen LogP contribution in [-0.2, 0) is 0 Å². The highest BCUT2D eigenvalue weighted by Gasteiger charge is 1.80. The van der Waals surface area contributed by atoms with E-state index in [9.17, 15) is 0 Å². The van der Waals surface area contributed by atoms with Crippen LogP contribution >= 0.6 is 11.6 Å². The Kier molecular flexibility index (Phi) is 5.62. The maximum Gasteiger partial charge on any atom is 0.0459 e. The summed E-state index contributed by atoms with van der Waals surface area (Å²) in [6.07, 6.45) is 5.00. The summed E-state index contributed by atoms with van der Waals surface area (Å²) < 4.78 is 0. The fraction of sp³-hybridized carbons (Fsp3) is 0. The molecule has 0 heterocycles. The zero-order valence-electron chi connectivity index (χ0n) is 8.73. The van der Waals surface area contributed by atoms with Crippen molar-refractivity contribution in [3.63, 3.8) is 0 Å². The van der Waals surface area contributed by atoms with E-state index in [-0.39, 0.29) is 0 Å². The van der Waals surface area contributed by atoms with Gasteiger partial charge in [-0.05, 0) is 24.3 Å². The molecule has 2 rings (SSSR count). The molecule has 0 bridgehead atoms. The molecule has 0 amide bonds. The Labute approximate surface area is 101 Å². The first-order chi connectivity index (χ1) is 7.83. The minimum absolute atomic E-state index is 0.794. The number of nitrogens with one attached hydrogen (secondary N) is 1. The van der Waals surface area contributed by atoms with Crippen molar-refractivity contribution in [2.24, 2.45) is 0 Å². The van der Waals surface area contributed by atoms with Crippen LogP contribution in [0.25, 0.3) is 0 Å². The maximum absolute atomic E-state index is 5.54. The number of benzene rings is 2. The van der Waals surface area contributed by atoms with Crippen LogP contribution in [-0.4, -0.2) is 0 Å². The van der Waals surface area contributed by atoms with Gasteiger partial charge in [0.2, 0.25) is 0 Å². The number of hydrogen-bond donors (Lipinski definition) is 1. The van der Waals surface area contributed by atoms with Crippen molar-refractivity contribution in [2.75, 3.05) is 5.32 Å². The second-order valence-electron chi connectivity index (χ2n) is 2.93. The van der Waals surface area contributed by atoms with Gasteiger partial charge in [0, 0.05) is 16.8 Å². The summed E-state index contributed by atoms with van der Waals surface area (Å²) in [5, 5.41) is 3.53. The van der Waals surface area contributed by atoms with Crippen LogP contribution in [0.1, 0.15) is 0 Å². The molecule has 2 aromatic rings. The van der Waals surface area contributed by atoms with E-state index in [1.165, 1.54) is 0 Å². The number of rotatable bonds is 1. The van der Waals surface area contributed by atoms with Crippen molar-refractivity contribution >= 4 is 17.3 Å². The Morgan fingerprint density at radius 2 is 1.38 bits per heavy atom. The van der Waals surface area contributed by atoms with Crippen molar-refractivity contribution in [3.05, 3.63) is 65.7 Å². The van der Waals surface area contributed by atoms with Gasteiger partial charge in [-0.1, -0.05) is 54.4 Å². The van der Waals surface area contributed by atoms with Gasteiger partial charge < -0.3 is 5.32 Å². The lowest BCUT2D eigenvalue weighted by molar-refractivity contribution is 1.63. The van der Waals surface area contributed by atoms with Gasteiger partial charge in [0.05, 0.1) is 0 Å². The second-order valence-corrected chi connectivity index (χ2v) is 3.37. The molecule has 0 aromatic heterocycles. The first kappa shape index (κ1) is 12.2. The van der Waals surface area contributed by atoms with E-state index < -0.39 is 0 Å². The molecule has 0 atom stereocenters. The topological polar surface area (TPSA) is 12.0 Å². The largest absolute Gasteiger partial charge is 0.315 e. The van der Waals surface area contributed by atoms with Crippen LogP contribution in [0, 0.1) is 12.5 Å². The van der Waals surface area contributed by atoms with E-state index >= 15 is 0 Å². The fourth-order valence-electron chi connectivity index (χ4n) is 1.02. The summed E-state index contributed by atoms with van der Waals surface area (Å²) in [7, 11) is 0. The number of hydrogen-bond acceptors (Lipinski definition) is 1. The van der Waals surface area contributed by atoms with E-state index in [1.807, 2.05) is 60.7 Å². The molecule has 0 spiro atoms. The van der Waals surface area contributed by atoms with Crippen LogP contribution in [0.15, 0.2) is 60.7 Å². The molecule has 2 aromatic carbocycles. The van der Waals surface area contributed by atoms with Gasteiger partial charge in [-0.2, -0.15) is 0 Å². The lowest BCUT2D eigenvalue weighted by atomic mass is 10.3. The maximum atomic E-state index is 5.54. The third kappa shape index (κ3) is 5.09. The first-order valence-electron chi connectivity index (χ1n) is 4.80. The number of terminal acetylenes is 1. The molecule has 0 aliphatic heterocycles. The standard InChI is InChI=1S/C8H7N.C6H5Cl/c1-2-9-8-6-4-3-5-7-8;7-6-4-2-1-3-5-6/h1,3-7,9H;1-5H. The van der Waals surface area contributed by atoms with E-state index in [1.54, 1.807) is 0 Å². The third-order valence-electron chi connectivity index (χ3n) is 1.72. The van der Waals surface area contributed by atoms with E-state index in [2.05, 4.69) is 11.4 Å². The average molecular weight is 230 g/mol. The molecule has 16 heavy (non-hydrogen) atoms. The number of halogens is 1. The van der Waals surface area contributed by atoms with E-state index in [0.717, 1.165) is 10.7 Å². The van der Waals surface area contributed by atoms with Gasteiger partial charge in [0.25, 0.3) is 0 Å². The van der Waals surface area contributed by atoms with Gasteiger partial charge in [-0.15, -0.1) is 0 Å². The van der Waals surface area contributed by atoms with Gasteiger partial charge in [-0.25, -0.2) is 0 Å².